The van der Waals surface area contributed by atoms with Crippen LogP contribution >= 0.6 is 0 Å². The highest BCUT2D eigenvalue weighted by Gasteiger charge is 1.78. The van der Waals surface area contributed by atoms with Crippen molar-refractivity contribution in [3.8, 4) is 0 Å². The molecule has 3 heteroatoms. The van der Waals surface area contributed by atoms with E-state index in [0.717, 1.165) is 17.2 Å². The van der Waals surface area contributed by atoms with Crippen molar-refractivity contribution in [3.05, 3.63) is 0 Å². The molecule has 0 aromatic rings. The Hall–Kier alpha value is 0.137. The molecule has 0 atom stereocenters. The highest BCUT2D eigenvalue weighted by molar-refractivity contribution is 5.97. The summed E-state index contributed by atoms with van der Waals surface area (Å²) in [7, 11) is 4.81. The van der Waals surface area contributed by atoms with Crippen LogP contribution in [0.3, 0.4) is 0 Å². The van der Waals surface area contributed by atoms with Gasteiger partial charge >= 0.3 is 0 Å². The van der Waals surface area contributed by atoms with Gasteiger partial charge in [-0.3, -0.25) is 4.90 Å². The first-order valence-corrected chi connectivity index (χ1v) is 2.72. The van der Waals surface area contributed by atoms with Crippen molar-refractivity contribution in [2.24, 2.45) is 0 Å². The Bertz CT molecular complexity index is 32.0. The maximum Gasteiger partial charge on any atom is 0.147 e. The topological polar surface area (TPSA) is 12.5 Å². The van der Waals surface area contributed by atoms with Gasteiger partial charge in [-0.2, -0.15) is 0 Å². The molecule has 0 aliphatic carbocycles. The van der Waals surface area contributed by atoms with Crippen LogP contribution in [0, 0.1) is 0 Å². The lowest BCUT2D eigenvalue weighted by Gasteiger charge is -2.05. The normalized spacial score (nSPS) is 10.5. The monoisotopic (exact) mass is 105 g/mol. The molecule has 0 saturated carbocycles. The van der Waals surface area contributed by atoms with Crippen LogP contribution in [0.15, 0.2) is 0 Å². The molecule has 38 valence electrons. The van der Waals surface area contributed by atoms with E-state index in [1.54, 1.807) is 0 Å². The van der Waals surface area contributed by atoms with Crippen molar-refractivity contribution >= 4 is 10.5 Å². The third kappa shape index (κ3) is 4.14. The maximum atomic E-state index is 4.87. The minimum absolute atomic E-state index is 0.770. The first kappa shape index (κ1) is 6.14. The molecule has 0 unspecified atom stereocenters. The standard InChI is InChI=1S/C3H11NOSi/c1-4(2)3-5-6/h3H2,1-2,6H3. The van der Waals surface area contributed by atoms with Crippen LogP contribution in [-0.4, -0.2) is 36.2 Å². The van der Waals surface area contributed by atoms with Crippen molar-refractivity contribution in [1.82, 2.24) is 4.90 Å². The zero-order valence-corrected chi connectivity index (χ0v) is 6.56. The summed E-state index contributed by atoms with van der Waals surface area (Å²) < 4.78 is 4.87. The Morgan fingerprint density at radius 2 is 2.17 bits per heavy atom. The van der Waals surface area contributed by atoms with Crippen LogP contribution in [0.4, 0.5) is 0 Å². The first-order valence-electron chi connectivity index (χ1n) is 1.91. The molecule has 0 N–H and O–H groups in total. The van der Waals surface area contributed by atoms with Gasteiger partial charge in [0.15, 0.2) is 0 Å². The van der Waals surface area contributed by atoms with Crippen molar-refractivity contribution in [2.45, 2.75) is 0 Å². The van der Waals surface area contributed by atoms with Crippen molar-refractivity contribution in [3.63, 3.8) is 0 Å². The van der Waals surface area contributed by atoms with Gasteiger partial charge in [0.1, 0.15) is 10.5 Å². The van der Waals surface area contributed by atoms with E-state index in [0.29, 0.717) is 0 Å². The zero-order valence-electron chi connectivity index (χ0n) is 4.56. The van der Waals surface area contributed by atoms with Crippen LogP contribution in [0.2, 0.25) is 0 Å². The van der Waals surface area contributed by atoms with Gasteiger partial charge in [-0.15, -0.1) is 0 Å². The average Bonchev–Trinajstić information content (AvgIpc) is 1.35. The molecule has 0 aromatic heterocycles. The maximum absolute atomic E-state index is 4.87. The van der Waals surface area contributed by atoms with Gasteiger partial charge in [0, 0.05) is 0 Å². The molecule has 0 spiro atoms. The van der Waals surface area contributed by atoms with E-state index >= 15 is 0 Å². The summed E-state index contributed by atoms with van der Waals surface area (Å²) >= 11 is 0. The van der Waals surface area contributed by atoms with Gasteiger partial charge in [0.05, 0.1) is 6.73 Å². The van der Waals surface area contributed by atoms with Crippen molar-refractivity contribution < 1.29 is 4.43 Å². The first-order chi connectivity index (χ1) is 2.77. The number of hydrogen-bond acceptors (Lipinski definition) is 2. The summed E-state index contributed by atoms with van der Waals surface area (Å²) in [6.07, 6.45) is 0. The van der Waals surface area contributed by atoms with E-state index in [4.69, 9.17) is 4.43 Å². The van der Waals surface area contributed by atoms with E-state index in [1.807, 2.05) is 19.0 Å². The number of hydrogen-bond donors (Lipinski definition) is 0. The fourth-order valence-electron chi connectivity index (χ4n) is 0.258. The van der Waals surface area contributed by atoms with E-state index in [-0.39, 0.29) is 0 Å². The van der Waals surface area contributed by atoms with Gasteiger partial charge in [-0.05, 0) is 14.1 Å². The molecule has 0 bridgehead atoms. The fourth-order valence-corrected chi connectivity index (χ4v) is 0.775. The number of nitrogens with zero attached hydrogens (tertiary/aromatic N) is 1. The molecular formula is C3H11NOSi. The van der Waals surface area contributed by atoms with Crippen molar-refractivity contribution in [2.75, 3.05) is 20.8 Å². The Kier molecular flexibility index (Phi) is 3.41. The Morgan fingerprint density at radius 3 is 2.17 bits per heavy atom. The molecule has 0 rings (SSSR count). The minimum Gasteiger partial charge on any atom is -0.415 e. The average molecular weight is 105 g/mol. The summed E-state index contributed by atoms with van der Waals surface area (Å²) in [4.78, 5) is 1.99. The van der Waals surface area contributed by atoms with E-state index < -0.39 is 0 Å². The van der Waals surface area contributed by atoms with Gasteiger partial charge in [0.25, 0.3) is 0 Å². The summed E-state index contributed by atoms with van der Waals surface area (Å²) in [6.45, 7) is 0.770. The molecule has 0 aliphatic heterocycles. The predicted molar refractivity (Wildman–Crippen MR) is 29.6 cm³/mol. The highest BCUT2D eigenvalue weighted by atomic mass is 28.2. The molecule has 0 saturated heterocycles. The van der Waals surface area contributed by atoms with Crippen LogP contribution in [0.1, 0.15) is 0 Å². The predicted octanol–water partition coefficient (Wildman–Crippen LogP) is -1.20. The molecular weight excluding hydrogens is 94.1 g/mol. The lowest BCUT2D eigenvalue weighted by molar-refractivity contribution is 0.194. The highest BCUT2D eigenvalue weighted by Crippen LogP contribution is 1.68. The van der Waals surface area contributed by atoms with Gasteiger partial charge in [0.2, 0.25) is 0 Å². The number of rotatable bonds is 2. The van der Waals surface area contributed by atoms with Crippen molar-refractivity contribution in [1.29, 1.82) is 0 Å². The Morgan fingerprint density at radius 1 is 1.67 bits per heavy atom. The summed E-state index contributed by atoms with van der Waals surface area (Å²) in [5, 5.41) is 0. The van der Waals surface area contributed by atoms with E-state index in [2.05, 4.69) is 0 Å². The lowest BCUT2D eigenvalue weighted by atomic mass is 11.0. The third-order valence-electron chi connectivity index (χ3n) is 0.387. The van der Waals surface area contributed by atoms with Gasteiger partial charge in [-0.1, -0.05) is 0 Å². The minimum atomic E-state index is 0.770. The zero-order chi connectivity index (χ0) is 4.99. The second kappa shape index (κ2) is 3.33. The molecule has 2 nitrogen and oxygen atoms in total. The Balaban J connectivity index is 2.63. The summed E-state index contributed by atoms with van der Waals surface area (Å²) in [5.74, 6) is 0. The molecule has 0 amide bonds. The SMILES string of the molecule is CN(C)CO[SiH3]. The molecule has 0 heterocycles. The van der Waals surface area contributed by atoms with E-state index in [1.165, 1.54) is 0 Å². The van der Waals surface area contributed by atoms with E-state index in [9.17, 15) is 0 Å². The fraction of sp³-hybridized carbons (Fsp3) is 1.00. The summed E-state index contributed by atoms with van der Waals surface area (Å²) in [6, 6.07) is 0. The third-order valence-corrected chi connectivity index (χ3v) is 0.645. The quantitative estimate of drug-likeness (QED) is 0.323. The Labute approximate surface area is 41.6 Å². The second-order valence-corrected chi connectivity index (χ2v) is 2.07. The smallest absolute Gasteiger partial charge is 0.147 e. The molecule has 0 radical (unpaired) electrons. The van der Waals surface area contributed by atoms with Crippen LogP contribution in [0.25, 0.3) is 0 Å². The molecule has 0 fully saturated rings. The second-order valence-electron chi connectivity index (χ2n) is 1.50. The van der Waals surface area contributed by atoms with Gasteiger partial charge < -0.3 is 4.43 Å². The van der Waals surface area contributed by atoms with Crippen LogP contribution in [-0.2, 0) is 4.43 Å². The largest absolute Gasteiger partial charge is 0.415 e. The molecule has 0 aromatic carbocycles. The van der Waals surface area contributed by atoms with Crippen LogP contribution < -0.4 is 0 Å². The van der Waals surface area contributed by atoms with Crippen LogP contribution in [0.5, 0.6) is 0 Å². The van der Waals surface area contributed by atoms with Gasteiger partial charge in [-0.25, -0.2) is 0 Å². The molecule has 0 aliphatic rings. The lowest BCUT2D eigenvalue weighted by Crippen LogP contribution is -2.14. The summed E-state index contributed by atoms with van der Waals surface area (Å²) in [5.41, 5.74) is 0. The molecule has 6 heavy (non-hydrogen) atoms.